The van der Waals surface area contributed by atoms with Gasteiger partial charge in [-0.1, -0.05) is 58.7 Å². The molecule has 0 unspecified atom stereocenters. The summed E-state index contributed by atoms with van der Waals surface area (Å²) in [6, 6.07) is 15.2. The number of hydrogen-bond acceptors (Lipinski definition) is 2. The van der Waals surface area contributed by atoms with Crippen LogP contribution >= 0.6 is 23.2 Å². The quantitative estimate of drug-likeness (QED) is 0.695. The Morgan fingerprint density at radius 3 is 2.25 bits per heavy atom. The third kappa shape index (κ3) is 2.42. The van der Waals surface area contributed by atoms with Gasteiger partial charge in [0.1, 0.15) is 5.69 Å². The molecule has 100 valence electrons. The Balaban J connectivity index is 2.11. The number of aromatic nitrogens is 3. The van der Waals surface area contributed by atoms with Gasteiger partial charge in [-0.2, -0.15) is 0 Å². The summed E-state index contributed by atoms with van der Waals surface area (Å²) in [5.41, 5.74) is 3.62. The van der Waals surface area contributed by atoms with Gasteiger partial charge in [0.05, 0.1) is 11.4 Å². The van der Waals surface area contributed by atoms with E-state index in [1.165, 1.54) is 0 Å². The molecule has 0 radical (unpaired) electrons. The molecule has 2 aromatic carbocycles. The summed E-state index contributed by atoms with van der Waals surface area (Å²) in [4.78, 5) is 0. The van der Waals surface area contributed by atoms with E-state index in [1.807, 2.05) is 49.4 Å². The molecule has 1 heterocycles. The Labute approximate surface area is 126 Å². The van der Waals surface area contributed by atoms with Gasteiger partial charge in [0.15, 0.2) is 0 Å². The van der Waals surface area contributed by atoms with Gasteiger partial charge in [-0.3, -0.25) is 0 Å². The van der Waals surface area contributed by atoms with Crippen LogP contribution in [0.4, 0.5) is 0 Å². The van der Waals surface area contributed by atoms with Crippen molar-refractivity contribution in [3.8, 4) is 16.9 Å². The highest BCUT2D eigenvalue weighted by molar-refractivity contribution is 6.34. The summed E-state index contributed by atoms with van der Waals surface area (Å²) in [7, 11) is 0. The van der Waals surface area contributed by atoms with Crippen molar-refractivity contribution in [1.29, 1.82) is 0 Å². The number of rotatable bonds is 2. The number of nitrogens with zero attached hydrogens (tertiary/aromatic N) is 3. The second-order valence-electron chi connectivity index (χ2n) is 4.43. The van der Waals surface area contributed by atoms with E-state index in [4.69, 9.17) is 23.2 Å². The summed E-state index contributed by atoms with van der Waals surface area (Å²) in [6.45, 7) is 1.97. The van der Waals surface area contributed by atoms with Crippen LogP contribution in [0.15, 0.2) is 48.5 Å². The highest BCUT2D eigenvalue weighted by Gasteiger charge is 2.12. The summed E-state index contributed by atoms with van der Waals surface area (Å²) >= 11 is 12.1. The zero-order valence-electron chi connectivity index (χ0n) is 10.7. The van der Waals surface area contributed by atoms with Crippen LogP contribution in [0.5, 0.6) is 0 Å². The van der Waals surface area contributed by atoms with Gasteiger partial charge < -0.3 is 0 Å². The number of hydrogen-bond donors (Lipinski definition) is 0. The fourth-order valence-corrected chi connectivity index (χ4v) is 2.61. The monoisotopic (exact) mass is 303 g/mol. The SMILES string of the molecule is Cc1c(-c2ccccc2)nnn1-c1cc(Cl)cc(Cl)c1. The van der Waals surface area contributed by atoms with Gasteiger partial charge in [0.2, 0.25) is 0 Å². The van der Waals surface area contributed by atoms with Crippen molar-refractivity contribution in [3.05, 3.63) is 64.3 Å². The molecule has 3 aromatic rings. The molecule has 20 heavy (non-hydrogen) atoms. The van der Waals surface area contributed by atoms with Gasteiger partial charge in [-0.25, -0.2) is 4.68 Å². The van der Waals surface area contributed by atoms with Crippen LogP contribution in [0.2, 0.25) is 10.0 Å². The molecule has 5 heteroatoms. The zero-order chi connectivity index (χ0) is 14.1. The van der Waals surface area contributed by atoms with Crippen LogP contribution in [-0.4, -0.2) is 15.0 Å². The fraction of sp³-hybridized carbons (Fsp3) is 0.0667. The van der Waals surface area contributed by atoms with Gasteiger partial charge in [0, 0.05) is 15.6 Å². The minimum atomic E-state index is 0.573. The molecular formula is C15H11Cl2N3. The molecule has 3 rings (SSSR count). The van der Waals surface area contributed by atoms with Crippen LogP contribution < -0.4 is 0 Å². The van der Waals surface area contributed by atoms with Crippen LogP contribution in [-0.2, 0) is 0 Å². The molecule has 0 saturated heterocycles. The van der Waals surface area contributed by atoms with E-state index in [1.54, 1.807) is 10.7 Å². The van der Waals surface area contributed by atoms with E-state index in [2.05, 4.69) is 10.3 Å². The Bertz CT molecular complexity index is 731. The largest absolute Gasteiger partial charge is 0.217 e. The zero-order valence-corrected chi connectivity index (χ0v) is 12.2. The first-order chi connectivity index (χ1) is 9.65. The Kier molecular flexibility index (Phi) is 3.47. The Morgan fingerprint density at radius 1 is 0.950 bits per heavy atom. The van der Waals surface area contributed by atoms with Crippen molar-refractivity contribution in [2.75, 3.05) is 0 Å². The van der Waals surface area contributed by atoms with Crippen LogP contribution in [0, 0.1) is 6.92 Å². The standard InChI is InChI=1S/C15H11Cl2N3/c1-10-15(11-5-3-2-4-6-11)18-19-20(10)14-8-12(16)7-13(17)9-14/h2-9H,1H3. The molecule has 0 atom stereocenters. The van der Waals surface area contributed by atoms with Gasteiger partial charge in [-0.05, 0) is 25.1 Å². The lowest BCUT2D eigenvalue weighted by Gasteiger charge is -2.05. The van der Waals surface area contributed by atoms with E-state index in [0.717, 1.165) is 22.6 Å². The molecule has 3 nitrogen and oxygen atoms in total. The van der Waals surface area contributed by atoms with E-state index in [-0.39, 0.29) is 0 Å². The molecule has 1 aromatic heterocycles. The third-order valence-corrected chi connectivity index (χ3v) is 3.47. The molecule has 0 N–H and O–H groups in total. The minimum Gasteiger partial charge on any atom is -0.217 e. The first kappa shape index (κ1) is 13.2. The Hall–Kier alpha value is -1.84. The molecule has 0 amide bonds. The fourth-order valence-electron chi connectivity index (χ4n) is 2.10. The second kappa shape index (κ2) is 5.27. The van der Waals surface area contributed by atoms with Crippen molar-refractivity contribution in [3.63, 3.8) is 0 Å². The van der Waals surface area contributed by atoms with E-state index in [9.17, 15) is 0 Å². The van der Waals surface area contributed by atoms with Crippen LogP contribution in [0.25, 0.3) is 16.9 Å². The van der Waals surface area contributed by atoms with Crippen molar-refractivity contribution >= 4 is 23.2 Å². The predicted molar refractivity (Wildman–Crippen MR) is 81.6 cm³/mol. The minimum absolute atomic E-state index is 0.573. The molecule has 0 aliphatic carbocycles. The van der Waals surface area contributed by atoms with Gasteiger partial charge in [0.25, 0.3) is 0 Å². The predicted octanol–water partition coefficient (Wildman–Crippen LogP) is 4.55. The smallest absolute Gasteiger partial charge is 0.116 e. The lowest BCUT2D eigenvalue weighted by molar-refractivity contribution is 0.785. The average Bonchev–Trinajstić information content (AvgIpc) is 2.80. The summed E-state index contributed by atoms with van der Waals surface area (Å²) in [5.74, 6) is 0. The molecule has 0 aliphatic heterocycles. The first-order valence-corrected chi connectivity index (χ1v) is 6.85. The van der Waals surface area contributed by atoms with Gasteiger partial charge >= 0.3 is 0 Å². The molecule has 0 spiro atoms. The van der Waals surface area contributed by atoms with E-state index < -0.39 is 0 Å². The van der Waals surface area contributed by atoms with Crippen molar-refractivity contribution < 1.29 is 0 Å². The second-order valence-corrected chi connectivity index (χ2v) is 5.30. The molecule has 0 aliphatic rings. The third-order valence-electron chi connectivity index (χ3n) is 3.03. The summed E-state index contributed by atoms with van der Waals surface area (Å²) < 4.78 is 1.74. The maximum Gasteiger partial charge on any atom is 0.116 e. The summed E-state index contributed by atoms with van der Waals surface area (Å²) in [6.07, 6.45) is 0. The van der Waals surface area contributed by atoms with Crippen molar-refractivity contribution in [2.45, 2.75) is 6.92 Å². The van der Waals surface area contributed by atoms with Crippen molar-refractivity contribution in [1.82, 2.24) is 15.0 Å². The lowest BCUT2D eigenvalue weighted by atomic mass is 10.1. The van der Waals surface area contributed by atoms with Crippen LogP contribution in [0.1, 0.15) is 5.69 Å². The number of benzene rings is 2. The molecule has 0 fully saturated rings. The number of halogens is 2. The first-order valence-electron chi connectivity index (χ1n) is 6.09. The maximum atomic E-state index is 6.03. The average molecular weight is 304 g/mol. The van der Waals surface area contributed by atoms with Gasteiger partial charge in [-0.15, -0.1) is 5.10 Å². The van der Waals surface area contributed by atoms with E-state index in [0.29, 0.717) is 10.0 Å². The topological polar surface area (TPSA) is 30.7 Å². The Morgan fingerprint density at radius 2 is 1.60 bits per heavy atom. The lowest BCUT2D eigenvalue weighted by Crippen LogP contribution is -1.99. The summed E-state index contributed by atoms with van der Waals surface area (Å²) in [5, 5.41) is 9.59. The van der Waals surface area contributed by atoms with E-state index >= 15 is 0 Å². The maximum absolute atomic E-state index is 6.03. The normalized spacial score (nSPS) is 10.8. The van der Waals surface area contributed by atoms with Crippen molar-refractivity contribution in [2.24, 2.45) is 0 Å². The highest BCUT2D eigenvalue weighted by Crippen LogP contribution is 2.25. The molecular weight excluding hydrogens is 293 g/mol. The highest BCUT2D eigenvalue weighted by atomic mass is 35.5. The van der Waals surface area contributed by atoms with Crippen LogP contribution in [0.3, 0.4) is 0 Å². The molecule has 0 saturated carbocycles. The molecule has 0 bridgehead atoms.